The second-order valence-corrected chi connectivity index (χ2v) is 6.24. The molecule has 0 aliphatic heterocycles. The highest BCUT2D eigenvalue weighted by Crippen LogP contribution is 2.15. The molecule has 0 rings (SSSR count). The Hall–Kier alpha value is -0.160. The molecule has 0 heterocycles. The number of ether oxygens (including phenoxy) is 1. The van der Waals surface area contributed by atoms with Crippen LogP contribution in [0.3, 0.4) is 0 Å². The van der Waals surface area contributed by atoms with E-state index in [9.17, 15) is 9.59 Å². The Labute approximate surface area is 126 Å². The summed E-state index contributed by atoms with van der Waals surface area (Å²) in [6.07, 6.45) is 7.41. The third-order valence-electron chi connectivity index (χ3n) is 2.81. The van der Waals surface area contributed by atoms with Crippen LogP contribution in [0.15, 0.2) is 0 Å². The first-order valence-corrected chi connectivity index (χ1v) is 8.85. The van der Waals surface area contributed by atoms with Gasteiger partial charge < -0.3 is 4.74 Å². The second kappa shape index (κ2) is 12.9. The number of thioether (sulfide) groups is 1. The highest BCUT2D eigenvalue weighted by atomic mass is 32.2. The molecule has 19 heavy (non-hydrogen) atoms. The van der Waals surface area contributed by atoms with Crippen LogP contribution in [-0.4, -0.2) is 35.6 Å². The molecule has 0 fully saturated rings. The molecule has 1 atom stereocenters. The highest BCUT2D eigenvalue weighted by molar-refractivity contribution is 7.98. The van der Waals surface area contributed by atoms with Crippen molar-refractivity contribution in [3.05, 3.63) is 0 Å². The highest BCUT2D eigenvalue weighted by Gasteiger charge is 2.08. The quantitative estimate of drug-likeness (QED) is 0.340. The summed E-state index contributed by atoms with van der Waals surface area (Å²) in [6, 6.07) is 0. The minimum Gasteiger partial charge on any atom is -0.466 e. The summed E-state index contributed by atoms with van der Waals surface area (Å²) in [5.41, 5.74) is 0. The molecule has 0 aromatic carbocycles. The molecular formula is C14H26O3S2. The summed E-state index contributed by atoms with van der Waals surface area (Å²) in [5, 5.41) is 0.264. The Balaban J connectivity index is 3.46. The number of rotatable bonds is 12. The van der Waals surface area contributed by atoms with E-state index in [4.69, 9.17) is 4.74 Å². The largest absolute Gasteiger partial charge is 0.466 e. The molecule has 3 nitrogen and oxygen atoms in total. The van der Waals surface area contributed by atoms with Gasteiger partial charge in [0.2, 0.25) is 0 Å². The van der Waals surface area contributed by atoms with E-state index in [1.54, 1.807) is 11.8 Å². The van der Waals surface area contributed by atoms with Crippen LogP contribution in [0.4, 0.5) is 0 Å². The molecule has 5 heteroatoms. The van der Waals surface area contributed by atoms with Crippen LogP contribution in [-0.2, 0) is 14.3 Å². The second-order valence-electron chi connectivity index (χ2n) is 4.52. The summed E-state index contributed by atoms with van der Waals surface area (Å²) >= 11 is 6.19. The van der Waals surface area contributed by atoms with Gasteiger partial charge in [-0.15, -0.1) is 0 Å². The van der Waals surface area contributed by atoms with Crippen molar-refractivity contribution in [2.45, 2.75) is 57.1 Å². The lowest BCUT2D eigenvalue weighted by Crippen LogP contribution is -2.07. The van der Waals surface area contributed by atoms with Gasteiger partial charge in [0.05, 0.1) is 6.61 Å². The van der Waals surface area contributed by atoms with Gasteiger partial charge in [0.15, 0.2) is 0 Å². The van der Waals surface area contributed by atoms with Crippen molar-refractivity contribution in [2.24, 2.45) is 0 Å². The first-order chi connectivity index (χ1) is 9.10. The number of carbonyl (C=O) groups is 2. The maximum absolute atomic E-state index is 11.5. The lowest BCUT2D eigenvalue weighted by molar-refractivity contribution is -0.143. The Morgan fingerprint density at radius 1 is 1.16 bits per heavy atom. The molecule has 112 valence electrons. The SMILES string of the molecule is CCOC(=O)CCCCC(S)CCC(=O)CCSC. The van der Waals surface area contributed by atoms with Crippen molar-refractivity contribution in [1.29, 1.82) is 0 Å². The normalized spacial score (nSPS) is 12.2. The molecule has 0 aliphatic rings. The Morgan fingerprint density at radius 2 is 1.89 bits per heavy atom. The fraction of sp³-hybridized carbons (Fsp3) is 0.857. The number of ketones is 1. The van der Waals surface area contributed by atoms with E-state index in [0.29, 0.717) is 31.7 Å². The minimum absolute atomic E-state index is 0.120. The van der Waals surface area contributed by atoms with Crippen molar-refractivity contribution >= 4 is 36.1 Å². The van der Waals surface area contributed by atoms with Gasteiger partial charge in [-0.05, 0) is 38.2 Å². The summed E-state index contributed by atoms with van der Waals surface area (Å²) in [6.45, 7) is 2.27. The zero-order valence-electron chi connectivity index (χ0n) is 12.0. The van der Waals surface area contributed by atoms with Crippen molar-refractivity contribution in [3.63, 3.8) is 0 Å². The number of thiol groups is 1. The van der Waals surface area contributed by atoms with Gasteiger partial charge in [-0.2, -0.15) is 24.4 Å². The number of unbranched alkanes of at least 4 members (excludes halogenated alkanes) is 1. The first kappa shape index (κ1) is 18.8. The maximum atomic E-state index is 11.5. The molecule has 0 aromatic rings. The van der Waals surface area contributed by atoms with Crippen molar-refractivity contribution < 1.29 is 14.3 Å². The van der Waals surface area contributed by atoms with E-state index in [-0.39, 0.29) is 11.2 Å². The third kappa shape index (κ3) is 12.6. The molecule has 0 saturated carbocycles. The first-order valence-electron chi connectivity index (χ1n) is 6.94. The van der Waals surface area contributed by atoms with Gasteiger partial charge in [-0.25, -0.2) is 0 Å². The molecule has 0 N–H and O–H groups in total. The van der Waals surface area contributed by atoms with Gasteiger partial charge >= 0.3 is 5.97 Å². The van der Waals surface area contributed by atoms with E-state index >= 15 is 0 Å². The van der Waals surface area contributed by atoms with E-state index in [2.05, 4.69) is 12.6 Å². The van der Waals surface area contributed by atoms with Crippen molar-refractivity contribution in [3.8, 4) is 0 Å². The Kier molecular flexibility index (Phi) is 12.7. The van der Waals surface area contributed by atoms with Gasteiger partial charge in [0.25, 0.3) is 0 Å². The summed E-state index contributed by atoms with van der Waals surface area (Å²) < 4.78 is 4.86. The summed E-state index contributed by atoms with van der Waals surface area (Å²) in [4.78, 5) is 22.6. The van der Waals surface area contributed by atoms with E-state index in [1.165, 1.54) is 0 Å². The third-order valence-corrected chi connectivity index (χ3v) is 3.94. The van der Waals surface area contributed by atoms with E-state index in [0.717, 1.165) is 31.4 Å². The predicted molar refractivity (Wildman–Crippen MR) is 85.1 cm³/mol. The van der Waals surface area contributed by atoms with Crippen LogP contribution in [0.2, 0.25) is 0 Å². The number of Topliss-reactive ketones (excluding diaryl/α,β-unsaturated/α-hetero) is 1. The van der Waals surface area contributed by atoms with Gasteiger partial charge in [0, 0.05) is 24.5 Å². The molecule has 0 radical (unpaired) electrons. The maximum Gasteiger partial charge on any atom is 0.305 e. The number of hydrogen-bond acceptors (Lipinski definition) is 5. The van der Waals surface area contributed by atoms with Gasteiger partial charge in [-0.3, -0.25) is 9.59 Å². The van der Waals surface area contributed by atoms with E-state index < -0.39 is 0 Å². The van der Waals surface area contributed by atoms with Crippen LogP contribution < -0.4 is 0 Å². The minimum atomic E-state index is -0.120. The van der Waals surface area contributed by atoms with Crippen LogP contribution in [0.5, 0.6) is 0 Å². The molecule has 0 spiro atoms. The average Bonchev–Trinajstić information content (AvgIpc) is 2.39. The number of hydrogen-bond donors (Lipinski definition) is 1. The smallest absolute Gasteiger partial charge is 0.305 e. The summed E-state index contributed by atoms with van der Waals surface area (Å²) in [7, 11) is 0. The van der Waals surface area contributed by atoms with Crippen molar-refractivity contribution in [2.75, 3.05) is 18.6 Å². The molecular weight excluding hydrogens is 280 g/mol. The topological polar surface area (TPSA) is 43.4 Å². The average molecular weight is 306 g/mol. The Bertz CT molecular complexity index is 257. The fourth-order valence-corrected chi connectivity index (χ4v) is 2.44. The Morgan fingerprint density at radius 3 is 2.53 bits per heavy atom. The predicted octanol–water partition coefficient (Wildman–Crippen LogP) is 3.51. The molecule has 1 unspecified atom stereocenters. The molecule has 0 saturated heterocycles. The van der Waals surface area contributed by atoms with E-state index in [1.807, 2.05) is 13.2 Å². The standard InChI is InChI=1S/C14H26O3S2/c1-3-17-14(16)7-5-4-6-13(18)9-8-12(15)10-11-19-2/h13,18H,3-11H2,1-2H3. The molecule has 0 amide bonds. The number of carbonyl (C=O) groups excluding carboxylic acids is 2. The van der Waals surface area contributed by atoms with Crippen molar-refractivity contribution in [1.82, 2.24) is 0 Å². The van der Waals surface area contributed by atoms with Crippen LogP contribution in [0.25, 0.3) is 0 Å². The van der Waals surface area contributed by atoms with Crippen LogP contribution >= 0.6 is 24.4 Å². The van der Waals surface area contributed by atoms with Gasteiger partial charge in [0.1, 0.15) is 5.78 Å². The van der Waals surface area contributed by atoms with Crippen LogP contribution in [0.1, 0.15) is 51.9 Å². The number of esters is 1. The lowest BCUT2D eigenvalue weighted by Gasteiger charge is -2.09. The van der Waals surface area contributed by atoms with Gasteiger partial charge in [-0.1, -0.05) is 6.42 Å². The molecule has 0 aliphatic carbocycles. The molecule has 0 aromatic heterocycles. The van der Waals surface area contributed by atoms with Crippen LogP contribution in [0, 0.1) is 0 Å². The fourth-order valence-electron chi connectivity index (χ4n) is 1.70. The monoisotopic (exact) mass is 306 g/mol. The zero-order valence-corrected chi connectivity index (χ0v) is 13.7. The molecule has 0 bridgehead atoms. The zero-order chi connectivity index (χ0) is 14.5. The lowest BCUT2D eigenvalue weighted by atomic mass is 10.1. The summed E-state index contributed by atoms with van der Waals surface area (Å²) in [5.74, 6) is 1.13.